The number of hydrogen-bond donors (Lipinski definition) is 1. The molecule has 0 aliphatic carbocycles. The predicted molar refractivity (Wildman–Crippen MR) is 107 cm³/mol. The number of methoxy groups -OCH3 is 1. The number of nitrogen functional groups attached to an aromatic ring is 1. The Morgan fingerprint density at radius 1 is 0.923 bits per heavy atom. The van der Waals surface area contributed by atoms with Crippen LogP contribution in [0.5, 0.6) is 5.75 Å². The van der Waals surface area contributed by atoms with Gasteiger partial charge in [-0.05, 0) is 35.9 Å². The number of rotatable bonds is 4. The van der Waals surface area contributed by atoms with Crippen molar-refractivity contribution in [3.8, 4) is 5.75 Å². The van der Waals surface area contributed by atoms with Crippen molar-refractivity contribution >= 4 is 17.1 Å². The molecular formula is C22H21N3O. The summed E-state index contributed by atoms with van der Waals surface area (Å²) in [7, 11) is 1.68. The maximum Gasteiger partial charge on any atom is 0.118 e. The Kier molecular flexibility index (Phi) is 4.32. The monoisotopic (exact) mass is 343 g/mol. The van der Waals surface area contributed by atoms with Gasteiger partial charge >= 0.3 is 0 Å². The quantitative estimate of drug-likeness (QED) is 0.703. The standard InChI is InChI=1S/C22H21N3O/c1-26-18-13-11-16(12-14-18)22-15-21(19-9-5-6-10-20(19)23)24-25(22)17-7-3-2-4-8-17/h2-14,22H,15,23H2,1H3. The fraction of sp³-hybridized carbons (Fsp3) is 0.136. The summed E-state index contributed by atoms with van der Waals surface area (Å²) in [5, 5.41) is 7.02. The lowest BCUT2D eigenvalue weighted by atomic mass is 9.97. The number of para-hydroxylation sites is 2. The van der Waals surface area contributed by atoms with Crippen molar-refractivity contribution in [2.75, 3.05) is 17.9 Å². The molecule has 3 aromatic rings. The molecule has 26 heavy (non-hydrogen) atoms. The minimum atomic E-state index is 0.123. The van der Waals surface area contributed by atoms with Crippen molar-refractivity contribution in [1.82, 2.24) is 0 Å². The van der Waals surface area contributed by atoms with Gasteiger partial charge in [-0.2, -0.15) is 5.10 Å². The molecule has 0 aromatic heterocycles. The molecule has 4 rings (SSSR count). The summed E-state index contributed by atoms with van der Waals surface area (Å²) >= 11 is 0. The number of hydrogen-bond acceptors (Lipinski definition) is 4. The second-order valence-corrected chi connectivity index (χ2v) is 6.31. The molecule has 0 radical (unpaired) electrons. The Bertz CT molecular complexity index is 920. The highest BCUT2D eigenvalue weighted by molar-refractivity contribution is 6.06. The topological polar surface area (TPSA) is 50.9 Å². The SMILES string of the molecule is COc1ccc(C2CC(c3ccccc3N)=NN2c2ccccc2)cc1. The second-order valence-electron chi connectivity index (χ2n) is 6.31. The fourth-order valence-electron chi connectivity index (χ4n) is 3.34. The van der Waals surface area contributed by atoms with Gasteiger partial charge in [0.2, 0.25) is 0 Å². The molecule has 2 N–H and O–H groups in total. The summed E-state index contributed by atoms with van der Waals surface area (Å²) in [6, 6.07) is 26.5. The van der Waals surface area contributed by atoms with Crippen molar-refractivity contribution in [3.05, 3.63) is 90.0 Å². The highest BCUT2D eigenvalue weighted by Gasteiger charge is 2.30. The Balaban J connectivity index is 1.74. The second kappa shape index (κ2) is 6.92. The van der Waals surface area contributed by atoms with E-state index in [1.54, 1.807) is 7.11 Å². The first-order chi connectivity index (χ1) is 12.8. The third kappa shape index (κ3) is 3.02. The molecule has 1 aliphatic rings. The van der Waals surface area contributed by atoms with Gasteiger partial charge in [0.25, 0.3) is 0 Å². The van der Waals surface area contributed by atoms with Crippen LogP contribution < -0.4 is 15.5 Å². The number of benzene rings is 3. The summed E-state index contributed by atoms with van der Waals surface area (Å²) in [6.07, 6.45) is 0.801. The zero-order chi connectivity index (χ0) is 17.9. The third-order valence-corrected chi connectivity index (χ3v) is 4.70. The Labute approximate surface area is 153 Å². The lowest BCUT2D eigenvalue weighted by molar-refractivity contribution is 0.414. The first-order valence-electron chi connectivity index (χ1n) is 8.67. The number of nitrogens with zero attached hydrogens (tertiary/aromatic N) is 2. The van der Waals surface area contributed by atoms with Crippen LogP contribution in [0.4, 0.5) is 11.4 Å². The normalized spacial score (nSPS) is 16.4. The van der Waals surface area contributed by atoms with Crippen LogP contribution in [0.1, 0.15) is 23.6 Å². The van der Waals surface area contributed by atoms with Crippen LogP contribution in [0.3, 0.4) is 0 Å². The minimum Gasteiger partial charge on any atom is -0.497 e. The molecule has 1 heterocycles. The minimum absolute atomic E-state index is 0.123. The van der Waals surface area contributed by atoms with Gasteiger partial charge in [0.05, 0.1) is 24.6 Å². The van der Waals surface area contributed by atoms with Crippen molar-refractivity contribution in [2.24, 2.45) is 5.10 Å². The molecule has 0 spiro atoms. The molecule has 3 aromatic carbocycles. The van der Waals surface area contributed by atoms with Crippen LogP contribution in [0, 0.1) is 0 Å². The van der Waals surface area contributed by atoms with E-state index < -0.39 is 0 Å². The van der Waals surface area contributed by atoms with Gasteiger partial charge in [-0.3, -0.25) is 5.01 Å². The lowest BCUT2D eigenvalue weighted by Crippen LogP contribution is -2.18. The average molecular weight is 343 g/mol. The van der Waals surface area contributed by atoms with Crippen LogP contribution in [0.2, 0.25) is 0 Å². The molecule has 130 valence electrons. The molecule has 0 fully saturated rings. The molecule has 4 nitrogen and oxygen atoms in total. The van der Waals surface area contributed by atoms with E-state index in [2.05, 4.69) is 29.3 Å². The number of hydrazone groups is 1. The van der Waals surface area contributed by atoms with Gasteiger partial charge in [-0.1, -0.05) is 48.5 Å². The summed E-state index contributed by atoms with van der Waals surface area (Å²) < 4.78 is 5.29. The van der Waals surface area contributed by atoms with E-state index in [4.69, 9.17) is 15.6 Å². The molecule has 0 saturated carbocycles. The van der Waals surface area contributed by atoms with Gasteiger partial charge in [0.1, 0.15) is 5.75 Å². The van der Waals surface area contributed by atoms with Crippen molar-refractivity contribution < 1.29 is 4.74 Å². The first kappa shape index (κ1) is 16.2. The largest absolute Gasteiger partial charge is 0.497 e. The van der Waals surface area contributed by atoms with Crippen molar-refractivity contribution in [2.45, 2.75) is 12.5 Å². The number of nitrogens with two attached hydrogens (primary N) is 1. The van der Waals surface area contributed by atoms with Gasteiger partial charge in [0.15, 0.2) is 0 Å². The van der Waals surface area contributed by atoms with Gasteiger partial charge in [0, 0.05) is 17.7 Å². The maximum absolute atomic E-state index is 6.19. The van der Waals surface area contributed by atoms with Crippen LogP contribution in [-0.2, 0) is 0 Å². The van der Waals surface area contributed by atoms with Crippen LogP contribution in [0.25, 0.3) is 0 Å². The average Bonchev–Trinajstić information content (AvgIpc) is 3.14. The van der Waals surface area contributed by atoms with Gasteiger partial charge in [-0.15, -0.1) is 0 Å². The van der Waals surface area contributed by atoms with Crippen molar-refractivity contribution in [1.29, 1.82) is 0 Å². The summed E-state index contributed by atoms with van der Waals surface area (Å²) in [5.74, 6) is 0.853. The van der Waals surface area contributed by atoms with E-state index in [0.717, 1.165) is 34.8 Å². The highest BCUT2D eigenvalue weighted by Crippen LogP contribution is 2.37. The molecule has 4 heteroatoms. The van der Waals surface area contributed by atoms with E-state index in [1.807, 2.05) is 54.6 Å². The van der Waals surface area contributed by atoms with Crippen molar-refractivity contribution in [3.63, 3.8) is 0 Å². The zero-order valence-electron chi connectivity index (χ0n) is 14.7. The predicted octanol–water partition coefficient (Wildman–Crippen LogP) is 4.63. The van der Waals surface area contributed by atoms with Crippen LogP contribution in [0.15, 0.2) is 84.0 Å². The lowest BCUT2D eigenvalue weighted by Gasteiger charge is -2.24. The smallest absolute Gasteiger partial charge is 0.118 e. The van der Waals surface area contributed by atoms with Crippen LogP contribution >= 0.6 is 0 Å². The van der Waals surface area contributed by atoms with Crippen LogP contribution in [-0.4, -0.2) is 12.8 Å². The fourth-order valence-corrected chi connectivity index (χ4v) is 3.34. The summed E-state index contributed by atoms with van der Waals surface area (Å²) in [4.78, 5) is 0. The molecule has 1 unspecified atom stereocenters. The molecule has 1 atom stereocenters. The number of ether oxygens (including phenoxy) is 1. The third-order valence-electron chi connectivity index (χ3n) is 4.70. The summed E-state index contributed by atoms with van der Waals surface area (Å²) in [6.45, 7) is 0. The van der Waals surface area contributed by atoms with E-state index in [0.29, 0.717) is 0 Å². The molecule has 1 aliphatic heterocycles. The zero-order valence-corrected chi connectivity index (χ0v) is 14.7. The Hall–Kier alpha value is -3.27. The number of anilines is 2. The molecule has 0 saturated heterocycles. The van der Waals surface area contributed by atoms with E-state index in [9.17, 15) is 0 Å². The highest BCUT2D eigenvalue weighted by atomic mass is 16.5. The summed E-state index contributed by atoms with van der Waals surface area (Å²) in [5.41, 5.74) is 11.2. The van der Waals surface area contributed by atoms with E-state index in [-0.39, 0.29) is 6.04 Å². The Morgan fingerprint density at radius 3 is 2.31 bits per heavy atom. The molecular weight excluding hydrogens is 322 g/mol. The van der Waals surface area contributed by atoms with Gasteiger partial charge < -0.3 is 10.5 Å². The van der Waals surface area contributed by atoms with Gasteiger partial charge in [-0.25, -0.2) is 0 Å². The first-order valence-corrected chi connectivity index (χ1v) is 8.67. The molecule has 0 amide bonds. The van der Waals surface area contributed by atoms with E-state index >= 15 is 0 Å². The maximum atomic E-state index is 6.19. The Morgan fingerprint density at radius 2 is 1.62 bits per heavy atom. The molecule has 0 bridgehead atoms. The van der Waals surface area contributed by atoms with E-state index in [1.165, 1.54) is 5.56 Å².